The summed E-state index contributed by atoms with van der Waals surface area (Å²) in [5.74, 6) is 1.33. The number of aryl methyl sites for hydroxylation is 1. The van der Waals surface area contributed by atoms with E-state index in [-0.39, 0.29) is 4.90 Å². The first-order valence-electron chi connectivity index (χ1n) is 7.55. The predicted molar refractivity (Wildman–Crippen MR) is 95.0 cm³/mol. The van der Waals surface area contributed by atoms with E-state index in [0.717, 1.165) is 15.6 Å². The second-order valence-corrected chi connectivity index (χ2v) is 8.23. The van der Waals surface area contributed by atoms with Gasteiger partial charge in [0.1, 0.15) is 13.2 Å². The lowest BCUT2D eigenvalue weighted by atomic mass is 10.1. The molecule has 1 aliphatic rings. The van der Waals surface area contributed by atoms with Crippen LogP contribution in [0.3, 0.4) is 0 Å². The molecule has 1 heterocycles. The van der Waals surface area contributed by atoms with Gasteiger partial charge in [-0.2, -0.15) is 0 Å². The van der Waals surface area contributed by atoms with E-state index in [1.54, 1.807) is 31.2 Å². The number of rotatable bonds is 4. The van der Waals surface area contributed by atoms with Gasteiger partial charge in [0, 0.05) is 10.5 Å². The molecule has 2 aromatic rings. The molecule has 0 unspecified atom stereocenters. The minimum Gasteiger partial charge on any atom is -0.486 e. The summed E-state index contributed by atoms with van der Waals surface area (Å²) >= 11 is 3.38. The highest BCUT2D eigenvalue weighted by atomic mass is 79.9. The molecule has 7 heteroatoms. The van der Waals surface area contributed by atoms with E-state index in [4.69, 9.17) is 9.47 Å². The number of nitrogens with one attached hydrogen (secondary N) is 1. The van der Waals surface area contributed by atoms with Gasteiger partial charge in [0.05, 0.1) is 4.90 Å². The van der Waals surface area contributed by atoms with Crippen LogP contribution in [-0.2, 0) is 10.0 Å². The van der Waals surface area contributed by atoms with Crippen LogP contribution in [0.15, 0.2) is 45.8 Å². The van der Waals surface area contributed by atoms with E-state index in [1.807, 2.05) is 19.1 Å². The first-order chi connectivity index (χ1) is 11.4. The topological polar surface area (TPSA) is 64.6 Å². The van der Waals surface area contributed by atoms with Crippen molar-refractivity contribution >= 4 is 26.0 Å². The Bertz CT molecular complexity index is 867. The van der Waals surface area contributed by atoms with Gasteiger partial charge in [0.2, 0.25) is 10.0 Å². The number of benzene rings is 2. The Hall–Kier alpha value is -1.57. The maximum atomic E-state index is 12.6. The highest BCUT2D eigenvalue weighted by Crippen LogP contribution is 2.33. The van der Waals surface area contributed by atoms with Crippen molar-refractivity contribution in [2.45, 2.75) is 24.8 Å². The molecule has 0 saturated heterocycles. The molecular weight excluding hydrogens is 394 g/mol. The van der Waals surface area contributed by atoms with E-state index in [1.165, 1.54) is 0 Å². The van der Waals surface area contributed by atoms with E-state index >= 15 is 0 Å². The monoisotopic (exact) mass is 411 g/mol. The van der Waals surface area contributed by atoms with Crippen LogP contribution in [-0.4, -0.2) is 21.6 Å². The van der Waals surface area contributed by atoms with Gasteiger partial charge in [-0.05, 0) is 55.3 Å². The predicted octanol–water partition coefficient (Wildman–Crippen LogP) is 3.57. The Kier molecular flexibility index (Phi) is 4.85. The van der Waals surface area contributed by atoms with Gasteiger partial charge in [0.25, 0.3) is 0 Å². The van der Waals surface area contributed by atoms with Crippen LogP contribution in [0.1, 0.15) is 24.1 Å². The summed E-state index contributed by atoms with van der Waals surface area (Å²) in [6, 6.07) is 10.0. The minimum atomic E-state index is -3.61. The summed E-state index contributed by atoms with van der Waals surface area (Å²) in [5, 5.41) is 0. The van der Waals surface area contributed by atoms with Crippen LogP contribution < -0.4 is 14.2 Å². The first kappa shape index (κ1) is 17.3. The van der Waals surface area contributed by atoms with Crippen LogP contribution in [0.2, 0.25) is 0 Å². The largest absolute Gasteiger partial charge is 0.486 e. The summed E-state index contributed by atoms with van der Waals surface area (Å²) in [5.41, 5.74) is 1.68. The molecule has 0 aromatic heterocycles. The zero-order valence-corrected chi connectivity index (χ0v) is 15.8. The molecule has 1 atom stereocenters. The van der Waals surface area contributed by atoms with Crippen molar-refractivity contribution in [1.29, 1.82) is 0 Å². The van der Waals surface area contributed by atoms with Crippen LogP contribution >= 0.6 is 15.9 Å². The number of hydrogen-bond donors (Lipinski definition) is 1. The maximum Gasteiger partial charge on any atom is 0.241 e. The lowest BCUT2D eigenvalue weighted by Crippen LogP contribution is -2.27. The molecule has 3 rings (SSSR count). The molecule has 0 fully saturated rings. The smallest absolute Gasteiger partial charge is 0.241 e. The third kappa shape index (κ3) is 3.58. The van der Waals surface area contributed by atoms with Crippen molar-refractivity contribution in [3.63, 3.8) is 0 Å². The van der Waals surface area contributed by atoms with E-state index in [2.05, 4.69) is 20.7 Å². The first-order valence-corrected chi connectivity index (χ1v) is 9.82. The lowest BCUT2D eigenvalue weighted by molar-refractivity contribution is 0.171. The molecule has 0 saturated carbocycles. The summed E-state index contributed by atoms with van der Waals surface area (Å²) in [7, 11) is -3.61. The highest BCUT2D eigenvalue weighted by Gasteiger charge is 2.21. The SMILES string of the molecule is Cc1cc(S(=O)(=O)N[C@@H](C)c2ccc3c(c2)OCCO3)ccc1Br. The molecule has 1 aliphatic heterocycles. The molecule has 0 bridgehead atoms. The van der Waals surface area contributed by atoms with Gasteiger partial charge in [-0.3, -0.25) is 0 Å². The summed E-state index contributed by atoms with van der Waals surface area (Å²) in [6.07, 6.45) is 0. The van der Waals surface area contributed by atoms with Crippen molar-refractivity contribution in [2.24, 2.45) is 0 Å². The molecule has 0 radical (unpaired) electrons. The van der Waals surface area contributed by atoms with E-state index in [0.29, 0.717) is 24.7 Å². The van der Waals surface area contributed by atoms with Crippen molar-refractivity contribution in [2.75, 3.05) is 13.2 Å². The van der Waals surface area contributed by atoms with Gasteiger partial charge in [0.15, 0.2) is 11.5 Å². The Balaban J connectivity index is 1.82. The molecule has 5 nitrogen and oxygen atoms in total. The molecule has 2 aromatic carbocycles. The van der Waals surface area contributed by atoms with Crippen molar-refractivity contribution < 1.29 is 17.9 Å². The molecule has 0 spiro atoms. The summed E-state index contributed by atoms with van der Waals surface area (Å²) < 4.78 is 39.8. The Labute approximate surface area is 150 Å². The average molecular weight is 412 g/mol. The molecular formula is C17H18BrNO4S. The summed E-state index contributed by atoms with van der Waals surface area (Å²) in [4.78, 5) is 0.243. The van der Waals surface area contributed by atoms with Crippen LogP contribution in [0.4, 0.5) is 0 Å². The molecule has 0 amide bonds. The van der Waals surface area contributed by atoms with Crippen molar-refractivity contribution in [3.05, 3.63) is 52.0 Å². The van der Waals surface area contributed by atoms with Gasteiger partial charge < -0.3 is 9.47 Å². The van der Waals surface area contributed by atoms with Gasteiger partial charge in [-0.15, -0.1) is 0 Å². The average Bonchev–Trinajstić information content (AvgIpc) is 2.56. The lowest BCUT2D eigenvalue weighted by Gasteiger charge is -2.21. The quantitative estimate of drug-likeness (QED) is 0.834. The number of sulfonamides is 1. The van der Waals surface area contributed by atoms with Crippen molar-refractivity contribution in [3.8, 4) is 11.5 Å². The fraction of sp³-hybridized carbons (Fsp3) is 0.294. The van der Waals surface area contributed by atoms with Crippen LogP contribution in [0.25, 0.3) is 0 Å². The fourth-order valence-corrected chi connectivity index (χ4v) is 4.05. The second kappa shape index (κ2) is 6.74. The van der Waals surface area contributed by atoms with Crippen molar-refractivity contribution in [1.82, 2.24) is 4.72 Å². The number of fused-ring (bicyclic) bond motifs is 1. The van der Waals surface area contributed by atoms with Gasteiger partial charge in [-0.25, -0.2) is 13.1 Å². The molecule has 0 aliphatic carbocycles. The van der Waals surface area contributed by atoms with Gasteiger partial charge in [-0.1, -0.05) is 22.0 Å². The molecule has 24 heavy (non-hydrogen) atoms. The van der Waals surface area contributed by atoms with Crippen LogP contribution in [0.5, 0.6) is 11.5 Å². The standard InChI is InChI=1S/C17H18BrNO4S/c1-11-9-14(4-5-15(11)18)24(20,21)19-12(2)13-3-6-16-17(10-13)23-8-7-22-16/h3-6,9-10,12,19H,7-8H2,1-2H3/t12-/m0/s1. The maximum absolute atomic E-state index is 12.6. The number of halogens is 1. The third-order valence-corrected chi connectivity index (χ3v) is 6.27. The normalized spacial score (nSPS) is 15.1. The summed E-state index contributed by atoms with van der Waals surface area (Å²) in [6.45, 7) is 4.67. The van der Waals surface area contributed by atoms with Crippen LogP contribution in [0, 0.1) is 6.92 Å². The second-order valence-electron chi connectivity index (χ2n) is 5.66. The number of ether oxygens (including phenoxy) is 2. The molecule has 128 valence electrons. The minimum absolute atomic E-state index is 0.243. The third-order valence-electron chi connectivity index (χ3n) is 3.84. The zero-order valence-electron chi connectivity index (χ0n) is 13.4. The molecule has 1 N–H and O–H groups in total. The van der Waals surface area contributed by atoms with E-state index < -0.39 is 16.1 Å². The van der Waals surface area contributed by atoms with Gasteiger partial charge >= 0.3 is 0 Å². The Morgan fingerprint density at radius 1 is 1.08 bits per heavy atom. The Morgan fingerprint density at radius 2 is 1.79 bits per heavy atom. The Morgan fingerprint density at radius 3 is 2.50 bits per heavy atom. The fourth-order valence-electron chi connectivity index (χ4n) is 2.48. The van der Waals surface area contributed by atoms with E-state index in [9.17, 15) is 8.42 Å². The number of hydrogen-bond acceptors (Lipinski definition) is 4. The zero-order chi connectivity index (χ0) is 17.3. The highest BCUT2D eigenvalue weighted by molar-refractivity contribution is 9.10.